The van der Waals surface area contributed by atoms with E-state index in [2.05, 4.69) is 22.7 Å². The molecule has 3 rings (SSSR count). The van der Waals surface area contributed by atoms with Gasteiger partial charge in [-0.25, -0.2) is 5.01 Å². The molecule has 1 aliphatic rings. The third-order valence-corrected chi connectivity index (χ3v) is 3.89. The number of pyridine rings is 1. The first kappa shape index (κ1) is 13.3. The van der Waals surface area contributed by atoms with E-state index in [9.17, 15) is 0 Å². The Hall–Kier alpha value is -1.72. The summed E-state index contributed by atoms with van der Waals surface area (Å²) in [5.74, 6) is 0.832. The monoisotopic (exact) mass is 304 g/mol. The minimum atomic E-state index is -0.177. The quantitative estimate of drug-likeness (QED) is 0.865. The number of anilines is 1. The molecule has 0 spiro atoms. The molecule has 1 aromatic carbocycles. The van der Waals surface area contributed by atoms with Crippen LogP contribution in [0.15, 0.2) is 53.9 Å². The van der Waals surface area contributed by atoms with Crippen LogP contribution in [-0.2, 0) is 0 Å². The summed E-state index contributed by atoms with van der Waals surface area (Å²) >= 11 is 10.6. The molecule has 20 heavy (non-hydrogen) atoms. The van der Waals surface area contributed by atoms with E-state index in [1.54, 1.807) is 12.4 Å². The van der Waals surface area contributed by atoms with Crippen molar-refractivity contribution in [2.75, 3.05) is 12.1 Å². The fraction of sp³-hybridized carbons (Fsp3) is 0.143. The molecule has 0 N–H and O–H groups in total. The average Bonchev–Trinajstić information content (AvgIpc) is 2.76. The first-order valence-electron chi connectivity index (χ1n) is 6.11. The summed E-state index contributed by atoms with van der Waals surface area (Å²) in [7, 11) is 1.95. The minimum absolute atomic E-state index is 0.177. The molecule has 0 amide bonds. The third-order valence-electron chi connectivity index (χ3n) is 3.09. The number of amidine groups is 1. The van der Waals surface area contributed by atoms with Crippen molar-refractivity contribution in [3.63, 3.8) is 0 Å². The predicted molar refractivity (Wildman–Crippen MR) is 85.2 cm³/mol. The van der Waals surface area contributed by atoms with Crippen molar-refractivity contribution < 1.29 is 0 Å². The van der Waals surface area contributed by atoms with Crippen LogP contribution in [-0.4, -0.2) is 28.3 Å². The number of nitrogens with zero attached hydrogens (tertiary/aromatic N) is 4. The molecule has 0 radical (unpaired) electrons. The first-order chi connectivity index (χ1) is 9.66. The zero-order valence-electron chi connectivity index (χ0n) is 10.8. The van der Waals surface area contributed by atoms with Crippen LogP contribution in [0, 0.1) is 0 Å². The molecule has 1 aromatic heterocycles. The second-order valence-corrected chi connectivity index (χ2v) is 5.35. The molecular formula is C14H13ClN4S. The van der Waals surface area contributed by atoms with E-state index in [1.807, 2.05) is 53.4 Å². The lowest BCUT2D eigenvalue weighted by Crippen LogP contribution is -2.35. The highest BCUT2D eigenvalue weighted by Gasteiger charge is 2.30. The number of rotatable bonds is 2. The van der Waals surface area contributed by atoms with Crippen LogP contribution in [0.2, 0.25) is 5.02 Å². The fourth-order valence-electron chi connectivity index (χ4n) is 2.06. The molecule has 4 nitrogen and oxygen atoms in total. The van der Waals surface area contributed by atoms with Crippen molar-refractivity contribution in [2.45, 2.75) is 5.50 Å². The highest BCUT2D eigenvalue weighted by Crippen LogP contribution is 2.29. The molecule has 102 valence electrons. The number of hydrogen-bond donors (Lipinski definition) is 1. The molecule has 1 unspecified atom stereocenters. The zero-order chi connectivity index (χ0) is 14.1. The third kappa shape index (κ3) is 2.34. The van der Waals surface area contributed by atoms with Crippen LogP contribution in [0.5, 0.6) is 0 Å². The molecule has 0 fully saturated rings. The van der Waals surface area contributed by atoms with Crippen LogP contribution in [0.3, 0.4) is 0 Å². The second kappa shape index (κ2) is 5.34. The Balaban J connectivity index is 1.99. The number of aromatic nitrogens is 1. The van der Waals surface area contributed by atoms with Crippen LogP contribution in [0.1, 0.15) is 5.56 Å². The highest BCUT2D eigenvalue weighted by atomic mass is 35.5. The molecule has 0 saturated heterocycles. The standard InChI is InChI=1S/C14H13ClN4S/c1-18-13(10-4-3-7-16-9-10)17-19(14(18)20)12-6-2-5-11(15)8-12/h2-9,14,20H,1H3. The summed E-state index contributed by atoms with van der Waals surface area (Å²) in [6.07, 6.45) is 3.53. The van der Waals surface area contributed by atoms with Gasteiger partial charge in [-0.05, 0) is 30.3 Å². The van der Waals surface area contributed by atoms with Gasteiger partial charge >= 0.3 is 0 Å². The Bertz CT molecular complexity index is 647. The van der Waals surface area contributed by atoms with E-state index in [0.29, 0.717) is 5.02 Å². The Labute approximate surface area is 128 Å². The van der Waals surface area contributed by atoms with Crippen molar-refractivity contribution in [3.8, 4) is 0 Å². The van der Waals surface area contributed by atoms with Crippen molar-refractivity contribution in [2.24, 2.45) is 5.10 Å². The van der Waals surface area contributed by atoms with Crippen molar-refractivity contribution in [3.05, 3.63) is 59.4 Å². The average molecular weight is 305 g/mol. The van der Waals surface area contributed by atoms with Gasteiger partial charge < -0.3 is 4.90 Å². The molecule has 6 heteroatoms. The lowest BCUT2D eigenvalue weighted by molar-refractivity contribution is 0.503. The Morgan fingerprint density at radius 3 is 2.80 bits per heavy atom. The number of hydrazone groups is 1. The normalized spacial score (nSPS) is 18.4. The Kier molecular flexibility index (Phi) is 3.54. The SMILES string of the molecule is CN1C(c2cccnc2)=NN(c2cccc(Cl)c2)C1S. The summed E-state index contributed by atoms with van der Waals surface area (Å²) < 4.78 is 0. The molecule has 2 aromatic rings. The van der Waals surface area contributed by atoms with Gasteiger partial charge in [-0.15, -0.1) is 12.6 Å². The number of hydrogen-bond acceptors (Lipinski definition) is 5. The summed E-state index contributed by atoms with van der Waals surface area (Å²) in [6.45, 7) is 0. The molecule has 0 aliphatic carbocycles. The van der Waals surface area contributed by atoms with Gasteiger partial charge in [-0.2, -0.15) is 5.10 Å². The smallest absolute Gasteiger partial charge is 0.169 e. The molecular weight excluding hydrogens is 292 g/mol. The molecule has 1 aliphatic heterocycles. The summed E-state index contributed by atoms with van der Waals surface area (Å²) in [5.41, 5.74) is 1.69. The molecule has 2 heterocycles. The van der Waals surface area contributed by atoms with Crippen LogP contribution in [0.4, 0.5) is 5.69 Å². The summed E-state index contributed by atoms with van der Waals surface area (Å²) in [4.78, 5) is 6.12. The van der Waals surface area contributed by atoms with Crippen molar-refractivity contribution in [1.82, 2.24) is 9.88 Å². The van der Waals surface area contributed by atoms with Crippen molar-refractivity contribution >= 4 is 35.8 Å². The predicted octanol–water partition coefficient (Wildman–Crippen LogP) is 3.06. The van der Waals surface area contributed by atoms with Crippen LogP contribution < -0.4 is 5.01 Å². The lowest BCUT2D eigenvalue weighted by Gasteiger charge is -2.24. The number of halogens is 1. The lowest BCUT2D eigenvalue weighted by atomic mass is 10.2. The van der Waals surface area contributed by atoms with Gasteiger partial charge in [0.15, 0.2) is 11.3 Å². The highest BCUT2D eigenvalue weighted by molar-refractivity contribution is 7.81. The Morgan fingerprint density at radius 1 is 1.25 bits per heavy atom. The molecule has 0 saturated carbocycles. The minimum Gasteiger partial charge on any atom is -0.327 e. The van der Waals surface area contributed by atoms with E-state index in [4.69, 9.17) is 11.6 Å². The fourth-order valence-corrected chi connectivity index (χ4v) is 2.54. The van der Waals surface area contributed by atoms with Gasteiger partial charge in [0.25, 0.3) is 0 Å². The van der Waals surface area contributed by atoms with Gasteiger partial charge in [0.1, 0.15) is 0 Å². The van der Waals surface area contributed by atoms with E-state index in [-0.39, 0.29) is 5.50 Å². The zero-order valence-corrected chi connectivity index (χ0v) is 12.5. The Morgan fingerprint density at radius 2 is 2.10 bits per heavy atom. The van der Waals surface area contributed by atoms with Crippen LogP contribution >= 0.6 is 24.2 Å². The van der Waals surface area contributed by atoms with Gasteiger partial charge in [-0.1, -0.05) is 17.7 Å². The topological polar surface area (TPSA) is 31.7 Å². The van der Waals surface area contributed by atoms with Gasteiger partial charge in [-0.3, -0.25) is 4.98 Å². The van der Waals surface area contributed by atoms with E-state index >= 15 is 0 Å². The van der Waals surface area contributed by atoms with Gasteiger partial charge in [0, 0.05) is 30.0 Å². The van der Waals surface area contributed by atoms with Crippen LogP contribution in [0.25, 0.3) is 0 Å². The largest absolute Gasteiger partial charge is 0.327 e. The number of benzene rings is 1. The van der Waals surface area contributed by atoms with Gasteiger partial charge in [0.05, 0.1) is 5.69 Å². The maximum atomic E-state index is 6.04. The maximum absolute atomic E-state index is 6.04. The molecule has 0 bridgehead atoms. The van der Waals surface area contributed by atoms with Gasteiger partial charge in [0.2, 0.25) is 0 Å². The summed E-state index contributed by atoms with van der Waals surface area (Å²) in [6, 6.07) is 11.4. The number of thiol groups is 1. The second-order valence-electron chi connectivity index (χ2n) is 4.45. The van der Waals surface area contributed by atoms with E-state index in [1.165, 1.54) is 0 Å². The van der Waals surface area contributed by atoms with Crippen molar-refractivity contribution in [1.29, 1.82) is 0 Å². The van der Waals surface area contributed by atoms with E-state index < -0.39 is 0 Å². The summed E-state index contributed by atoms with van der Waals surface area (Å²) in [5, 5.41) is 7.14. The van der Waals surface area contributed by atoms with E-state index in [0.717, 1.165) is 17.1 Å². The first-order valence-corrected chi connectivity index (χ1v) is 7.01. The molecule has 1 atom stereocenters. The maximum Gasteiger partial charge on any atom is 0.169 e.